The highest BCUT2D eigenvalue weighted by atomic mass is 32.2. The Morgan fingerprint density at radius 1 is 0.935 bits per heavy atom. The van der Waals surface area contributed by atoms with Gasteiger partial charge in [-0.3, -0.25) is 9.88 Å². The van der Waals surface area contributed by atoms with Gasteiger partial charge in [0.1, 0.15) is 5.82 Å². The van der Waals surface area contributed by atoms with Crippen molar-refractivity contribution in [2.75, 3.05) is 6.54 Å². The fourth-order valence-electron chi connectivity index (χ4n) is 4.77. The Bertz CT molecular complexity index is 1220. The van der Waals surface area contributed by atoms with Gasteiger partial charge < -0.3 is 4.57 Å². The van der Waals surface area contributed by atoms with Crippen LogP contribution < -0.4 is 0 Å². The van der Waals surface area contributed by atoms with Crippen LogP contribution >= 0.6 is 11.8 Å². The van der Waals surface area contributed by atoms with Crippen molar-refractivity contribution in [2.45, 2.75) is 36.7 Å². The number of pyridine rings is 1. The molecule has 0 saturated heterocycles. The van der Waals surface area contributed by atoms with E-state index in [4.69, 9.17) is 0 Å². The maximum absolute atomic E-state index is 4.58. The summed E-state index contributed by atoms with van der Waals surface area (Å²) >= 11 is 1.94. The standard InChI is InChI=1S/C25H23N5S/c1-17-12-19(14-26-13-17)25-28-27-23-15-29(10-11-30(23)25)24-20-7-3-2-6-18(20)16-31-22-9-5-4-8-21(22)24/h2-9,12-14,24H,10-11,15-16H2,1H3. The molecule has 4 aromatic rings. The third kappa shape index (κ3) is 3.27. The van der Waals surface area contributed by atoms with Crippen molar-refractivity contribution in [2.24, 2.45) is 0 Å². The monoisotopic (exact) mass is 425 g/mol. The molecule has 0 spiro atoms. The van der Waals surface area contributed by atoms with E-state index in [1.807, 2.05) is 24.2 Å². The molecule has 0 aliphatic carbocycles. The van der Waals surface area contributed by atoms with Gasteiger partial charge in [-0.05, 0) is 41.3 Å². The first-order valence-electron chi connectivity index (χ1n) is 10.7. The summed E-state index contributed by atoms with van der Waals surface area (Å²) in [6.45, 7) is 4.67. The molecular formula is C25H23N5S. The zero-order chi connectivity index (χ0) is 20.8. The molecule has 6 heteroatoms. The Balaban J connectivity index is 1.40. The van der Waals surface area contributed by atoms with Gasteiger partial charge in [0.15, 0.2) is 5.82 Å². The van der Waals surface area contributed by atoms with Crippen molar-refractivity contribution in [1.29, 1.82) is 0 Å². The lowest BCUT2D eigenvalue weighted by Gasteiger charge is -2.36. The van der Waals surface area contributed by atoms with E-state index in [1.54, 1.807) is 0 Å². The molecule has 0 radical (unpaired) electrons. The molecule has 2 aliphatic heterocycles. The van der Waals surface area contributed by atoms with E-state index < -0.39 is 0 Å². The Labute approximate surface area is 186 Å². The molecule has 0 saturated carbocycles. The summed E-state index contributed by atoms with van der Waals surface area (Å²) < 4.78 is 2.26. The number of aryl methyl sites for hydroxylation is 1. The lowest BCUT2D eigenvalue weighted by Crippen LogP contribution is -2.37. The molecular weight excluding hydrogens is 402 g/mol. The second-order valence-electron chi connectivity index (χ2n) is 8.24. The van der Waals surface area contributed by atoms with E-state index in [0.717, 1.165) is 48.2 Å². The zero-order valence-electron chi connectivity index (χ0n) is 17.4. The van der Waals surface area contributed by atoms with Gasteiger partial charge in [0.05, 0.1) is 12.6 Å². The molecule has 2 aromatic heterocycles. The maximum atomic E-state index is 4.58. The van der Waals surface area contributed by atoms with Crippen LogP contribution in [0.15, 0.2) is 71.9 Å². The molecule has 1 atom stereocenters. The fourth-order valence-corrected chi connectivity index (χ4v) is 5.87. The van der Waals surface area contributed by atoms with Gasteiger partial charge in [-0.1, -0.05) is 42.5 Å². The van der Waals surface area contributed by atoms with Crippen molar-refractivity contribution in [3.63, 3.8) is 0 Å². The third-order valence-electron chi connectivity index (χ3n) is 6.23. The van der Waals surface area contributed by atoms with Gasteiger partial charge in [-0.2, -0.15) is 0 Å². The van der Waals surface area contributed by atoms with Crippen molar-refractivity contribution in [3.05, 3.63) is 95.1 Å². The van der Waals surface area contributed by atoms with Crippen molar-refractivity contribution in [1.82, 2.24) is 24.6 Å². The summed E-state index contributed by atoms with van der Waals surface area (Å²) in [5.74, 6) is 2.95. The summed E-state index contributed by atoms with van der Waals surface area (Å²) in [5, 5.41) is 9.12. The predicted octanol–water partition coefficient (Wildman–Crippen LogP) is 4.86. The van der Waals surface area contributed by atoms with Crippen LogP contribution in [0.2, 0.25) is 0 Å². The number of thioether (sulfide) groups is 1. The molecule has 154 valence electrons. The minimum absolute atomic E-state index is 0.233. The Morgan fingerprint density at radius 2 is 1.77 bits per heavy atom. The largest absolute Gasteiger partial charge is 0.309 e. The summed E-state index contributed by atoms with van der Waals surface area (Å²) in [6.07, 6.45) is 3.75. The summed E-state index contributed by atoms with van der Waals surface area (Å²) in [5.41, 5.74) is 6.40. The number of benzene rings is 2. The van der Waals surface area contributed by atoms with Crippen molar-refractivity contribution in [3.8, 4) is 11.4 Å². The topological polar surface area (TPSA) is 46.8 Å². The second-order valence-corrected chi connectivity index (χ2v) is 9.26. The van der Waals surface area contributed by atoms with E-state index in [0.29, 0.717) is 0 Å². The minimum atomic E-state index is 0.233. The highest BCUT2D eigenvalue weighted by Crippen LogP contribution is 2.43. The van der Waals surface area contributed by atoms with E-state index in [2.05, 4.69) is 86.2 Å². The SMILES string of the molecule is Cc1cncc(-c2nnc3n2CCN(C2c4ccccc4CSc4ccccc42)C3)c1. The van der Waals surface area contributed by atoms with Crippen LogP contribution in [0.5, 0.6) is 0 Å². The average Bonchev–Trinajstić information content (AvgIpc) is 3.15. The molecule has 2 aromatic carbocycles. The maximum Gasteiger partial charge on any atom is 0.165 e. The van der Waals surface area contributed by atoms with Gasteiger partial charge in [0, 0.05) is 41.7 Å². The van der Waals surface area contributed by atoms with E-state index in [1.165, 1.54) is 21.6 Å². The number of fused-ring (bicyclic) bond motifs is 3. The predicted molar refractivity (Wildman–Crippen MR) is 123 cm³/mol. The van der Waals surface area contributed by atoms with Crippen molar-refractivity contribution >= 4 is 11.8 Å². The third-order valence-corrected chi connectivity index (χ3v) is 7.37. The lowest BCUT2D eigenvalue weighted by molar-refractivity contribution is 0.174. The Hall–Kier alpha value is -2.96. The molecule has 2 aliphatic rings. The fraction of sp³-hybridized carbons (Fsp3) is 0.240. The molecule has 6 rings (SSSR count). The zero-order valence-corrected chi connectivity index (χ0v) is 18.2. The van der Waals surface area contributed by atoms with Gasteiger partial charge in [-0.15, -0.1) is 22.0 Å². The van der Waals surface area contributed by atoms with E-state index >= 15 is 0 Å². The molecule has 0 fully saturated rings. The van der Waals surface area contributed by atoms with Crippen molar-refractivity contribution < 1.29 is 0 Å². The lowest BCUT2D eigenvalue weighted by atomic mass is 9.93. The number of hydrogen-bond donors (Lipinski definition) is 0. The quantitative estimate of drug-likeness (QED) is 0.459. The van der Waals surface area contributed by atoms with E-state index in [-0.39, 0.29) is 6.04 Å². The van der Waals surface area contributed by atoms with Crippen LogP contribution in [0.3, 0.4) is 0 Å². The highest BCUT2D eigenvalue weighted by Gasteiger charge is 2.32. The Morgan fingerprint density at radius 3 is 2.68 bits per heavy atom. The number of hydrogen-bond acceptors (Lipinski definition) is 5. The Kier molecular flexibility index (Phi) is 4.62. The van der Waals surface area contributed by atoms with Crippen LogP contribution in [0.25, 0.3) is 11.4 Å². The summed E-state index contributed by atoms with van der Waals surface area (Å²) in [6, 6.07) is 20.1. The van der Waals surface area contributed by atoms with Gasteiger partial charge in [0.2, 0.25) is 0 Å². The first-order valence-corrected chi connectivity index (χ1v) is 11.6. The van der Waals surface area contributed by atoms with Gasteiger partial charge in [0.25, 0.3) is 0 Å². The van der Waals surface area contributed by atoms with Crippen LogP contribution in [0, 0.1) is 6.92 Å². The minimum Gasteiger partial charge on any atom is -0.309 e. The average molecular weight is 426 g/mol. The molecule has 1 unspecified atom stereocenters. The summed E-state index contributed by atoms with van der Waals surface area (Å²) in [7, 11) is 0. The smallest absolute Gasteiger partial charge is 0.165 e. The molecule has 5 nitrogen and oxygen atoms in total. The van der Waals surface area contributed by atoms with Crippen LogP contribution in [0.1, 0.15) is 34.1 Å². The van der Waals surface area contributed by atoms with Gasteiger partial charge >= 0.3 is 0 Å². The van der Waals surface area contributed by atoms with Gasteiger partial charge in [-0.25, -0.2) is 0 Å². The number of rotatable bonds is 2. The molecule has 0 N–H and O–H groups in total. The normalized spacial score (nSPS) is 18.0. The highest BCUT2D eigenvalue weighted by molar-refractivity contribution is 7.98. The molecule has 0 amide bonds. The first-order chi connectivity index (χ1) is 15.3. The van der Waals surface area contributed by atoms with Crippen LogP contribution in [-0.4, -0.2) is 31.2 Å². The number of nitrogens with zero attached hydrogens (tertiary/aromatic N) is 5. The molecule has 0 bridgehead atoms. The van der Waals surface area contributed by atoms with Crippen LogP contribution in [-0.2, 0) is 18.8 Å². The second kappa shape index (κ2) is 7.62. The van der Waals surface area contributed by atoms with Crippen LogP contribution in [0.4, 0.5) is 0 Å². The summed E-state index contributed by atoms with van der Waals surface area (Å²) in [4.78, 5) is 8.28. The molecule has 31 heavy (non-hydrogen) atoms. The number of aromatic nitrogens is 4. The molecule has 4 heterocycles. The first kappa shape index (κ1) is 18.8. The van der Waals surface area contributed by atoms with E-state index in [9.17, 15) is 0 Å².